The normalized spacial score (nSPS) is 12.5. The van der Waals surface area contributed by atoms with Gasteiger partial charge in [-0.05, 0) is 77.0 Å². The first-order valence-electron chi connectivity index (χ1n) is 19.6. The Hall–Kier alpha value is -2.63. The van der Waals surface area contributed by atoms with E-state index in [0.717, 1.165) is 77.0 Å². The van der Waals surface area contributed by atoms with Crippen molar-refractivity contribution in [3.8, 4) is 0 Å². The quantitative estimate of drug-likeness (QED) is 0.0217. The van der Waals surface area contributed by atoms with Gasteiger partial charge in [-0.1, -0.05) is 127 Å². The van der Waals surface area contributed by atoms with E-state index >= 15 is 0 Å². The Morgan fingerprint density at radius 2 is 0.917 bits per heavy atom. The third-order valence-corrected chi connectivity index (χ3v) is 8.29. The summed E-state index contributed by atoms with van der Waals surface area (Å²) in [7, 11) is 0. The molecule has 1 atom stereocenters. The predicted octanol–water partition coefficient (Wildman–Crippen LogP) is 12.0. The third kappa shape index (κ3) is 36.2. The van der Waals surface area contributed by atoms with Crippen molar-refractivity contribution < 1.29 is 28.6 Å². The maximum atomic E-state index is 12.4. The minimum atomic E-state index is -0.433. The van der Waals surface area contributed by atoms with Crippen molar-refractivity contribution in [3.63, 3.8) is 0 Å². The molecule has 0 heterocycles. The number of hydrogen-bond acceptors (Lipinski definition) is 6. The van der Waals surface area contributed by atoms with Crippen LogP contribution in [0.5, 0.6) is 0 Å². The molecular formula is C42H72O6. The molecule has 276 valence electrons. The highest BCUT2D eigenvalue weighted by atomic mass is 16.6. The first-order chi connectivity index (χ1) is 23.6. The fourth-order valence-electron chi connectivity index (χ4n) is 5.29. The standard InChI is InChI=1S/C42H72O6/c1-3-5-7-9-11-13-15-17-19-21-23-25-27-29-31-33-41(44)47-38-36-40(35-37-46-39-43)48-42(45)34-32-30-28-26-24-22-20-18-16-14-12-10-8-6-4-2/h12-15,18-21,39-40H,3-11,16-17,22-38H2,1-2H3/b14-12-,15-13-,20-18-,21-19-. The van der Waals surface area contributed by atoms with Crippen molar-refractivity contribution in [3.05, 3.63) is 48.6 Å². The van der Waals surface area contributed by atoms with Crippen LogP contribution in [-0.4, -0.2) is 37.7 Å². The molecule has 6 heteroatoms. The van der Waals surface area contributed by atoms with Gasteiger partial charge in [0.15, 0.2) is 0 Å². The van der Waals surface area contributed by atoms with E-state index in [-0.39, 0.29) is 25.2 Å². The van der Waals surface area contributed by atoms with Crippen LogP contribution in [-0.2, 0) is 28.6 Å². The highest BCUT2D eigenvalue weighted by Crippen LogP contribution is 2.13. The number of ether oxygens (including phenoxy) is 3. The van der Waals surface area contributed by atoms with E-state index in [1.165, 1.54) is 64.2 Å². The Morgan fingerprint density at radius 3 is 1.44 bits per heavy atom. The van der Waals surface area contributed by atoms with Crippen LogP contribution in [0.3, 0.4) is 0 Å². The lowest BCUT2D eigenvalue weighted by Crippen LogP contribution is -2.22. The second-order valence-corrected chi connectivity index (χ2v) is 12.8. The summed E-state index contributed by atoms with van der Waals surface area (Å²) in [6.07, 6.45) is 44.4. The zero-order valence-corrected chi connectivity index (χ0v) is 31.0. The zero-order chi connectivity index (χ0) is 35.0. The largest absolute Gasteiger partial charge is 0.468 e. The van der Waals surface area contributed by atoms with E-state index in [2.05, 4.69) is 62.5 Å². The van der Waals surface area contributed by atoms with Crippen LogP contribution >= 0.6 is 0 Å². The molecule has 1 unspecified atom stereocenters. The summed E-state index contributed by atoms with van der Waals surface area (Å²) in [5.41, 5.74) is 0. The van der Waals surface area contributed by atoms with Gasteiger partial charge in [-0.15, -0.1) is 0 Å². The van der Waals surface area contributed by atoms with Crippen molar-refractivity contribution in [1.29, 1.82) is 0 Å². The number of carbonyl (C=O) groups is 3. The molecule has 0 radical (unpaired) electrons. The lowest BCUT2D eigenvalue weighted by Gasteiger charge is -2.17. The van der Waals surface area contributed by atoms with Crippen LogP contribution in [0.4, 0.5) is 0 Å². The second kappa shape index (κ2) is 38.8. The minimum Gasteiger partial charge on any atom is -0.468 e. The van der Waals surface area contributed by atoms with Gasteiger partial charge < -0.3 is 14.2 Å². The molecule has 0 aliphatic heterocycles. The van der Waals surface area contributed by atoms with Gasteiger partial charge in [-0.2, -0.15) is 0 Å². The van der Waals surface area contributed by atoms with E-state index in [0.29, 0.717) is 32.2 Å². The molecule has 6 nitrogen and oxygen atoms in total. The van der Waals surface area contributed by atoms with Gasteiger partial charge in [-0.25, -0.2) is 0 Å². The number of unbranched alkanes of at least 4 members (excludes halogenated alkanes) is 16. The van der Waals surface area contributed by atoms with Gasteiger partial charge in [-0.3, -0.25) is 14.4 Å². The molecule has 0 aliphatic rings. The van der Waals surface area contributed by atoms with Gasteiger partial charge in [0.1, 0.15) is 6.10 Å². The molecule has 0 fully saturated rings. The second-order valence-electron chi connectivity index (χ2n) is 12.8. The Morgan fingerprint density at radius 1 is 0.500 bits per heavy atom. The molecule has 0 amide bonds. The first kappa shape index (κ1) is 45.4. The molecule has 0 aliphatic carbocycles. The summed E-state index contributed by atoms with van der Waals surface area (Å²) >= 11 is 0. The molecule has 0 aromatic rings. The maximum Gasteiger partial charge on any atom is 0.306 e. The molecule has 0 spiro atoms. The van der Waals surface area contributed by atoms with Gasteiger partial charge in [0.25, 0.3) is 6.47 Å². The number of allylic oxidation sites excluding steroid dienone is 8. The summed E-state index contributed by atoms with van der Waals surface area (Å²) < 4.78 is 15.8. The van der Waals surface area contributed by atoms with Crippen molar-refractivity contribution in [2.75, 3.05) is 13.2 Å². The van der Waals surface area contributed by atoms with E-state index in [9.17, 15) is 14.4 Å². The Balaban J connectivity index is 3.90. The Kier molecular flexibility index (Phi) is 36.7. The molecule has 0 bridgehead atoms. The smallest absolute Gasteiger partial charge is 0.306 e. The predicted molar refractivity (Wildman–Crippen MR) is 201 cm³/mol. The van der Waals surface area contributed by atoms with Crippen LogP contribution in [0.15, 0.2) is 48.6 Å². The summed E-state index contributed by atoms with van der Waals surface area (Å²) in [6.45, 7) is 5.23. The zero-order valence-electron chi connectivity index (χ0n) is 31.0. The monoisotopic (exact) mass is 673 g/mol. The van der Waals surface area contributed by atoms with E-state index in [4.69, 9.17) is 14.2 Å². The van der Waals surface area contributed by atoms with Crippen LogP contribution < -0.4 is 0 Å². The van der Waals surface area contributed by atoms with E-state index in [1.807, 2.05) is 0 Å². The molecule has 0 saturated heterocycles. The molecular weight excluding hydrogens is 600 g/mol. The van der Waals surface area contributed by atoms with Crippen molar-refractivity contribution >= 4 is 18.4 Å². The summed E-state index contributed by atoms with van der Waals surface area (Å²) in [6, 6.07) is 0. The third-order valence-electron chi connectivity index (χ3n) is 8.29. The Labute approximate surface area is 295 Å². The van der Waals surface area contributed by atoms with Crippen LogP contribution in [0.25, 0.3) is 0 Å². The molecule has 0 N–H and O–H groups in total. The van der Waals surface area contributed by atoms with Crippen LogP contribution in [0.1, 0.15) is 181 Å². The first-order valence-corrected chi connectivity index (χ1v) is 19.6. The fraction of sp³-hybridized carbons (Fsp3) is 0.738. The lowest BCUT2D eigenvalue weighted by molar-refractivity contribution is -0.152. The summed E-state index contributed by atoms with van der Waals surface area (Å²) in [4.78, 5) is 35.2. The molecule has 48 heavy (non-hydrogen) atoms. The van der Waals surface area contributed by atoms with Gasteiger partial charge in [0.2, 0.25) is 0 Å². The number of esters is 2. The summed E-state index contributed by atoms with van der Waals surface area (Å²) in [5, 5.41) is 0. The van der Waals surface area contributed by atoms with Gasteiger partial charge >= 0.3 is 11.9 Å². The molecule has 0 saturated carbocycles. The molecule has 0 aromatic heterocycles. The van der Waals surface area contributed by atoms with Crippen molar-refractivity contribution in [2.45, 2.75) is 187 Å². The van der Waals surface area contributed by atoms with Crippen LogP contribution in [0, 0.1) is 0 Å². The van der Waals surface area contributed by atoms with Gasteiger partial charge in [0.05, 0.1) is 13.2 Å². The average molecular weight is 673 g/mol. The van der Waals surface area contributed by atoms with E-state index < -0.39 is 6.10 Å². The highest BCUT2D eigenvalue weighted by molar-refractivity contribution is 5.69. The van der Waals surface area contributed by atoms with Crippen LogP contribution in [0.2, 0.25) is 0 Å². The number of carbonyl (C=O) groups excluding carboxylic acids is 3. The molecule has 0 aromatic carbocycles. The van der Waals surface area contributed by atoms with Crippen molar-refractivity contribution in [1.82, 2.24) is 0 Å². The lowest BCUT2D eigenvalue weighted by atomic mass is 10.1. The van der Waals surface area contributed by atoms with Gasteiger partial charge in [0, 0.05) is 25.7 Å². The minimum absolute atomic E-state index is 0.171. The fourth-order valence-corrected chi connectivity index (χ4v) is 5.29. The number of rotatable bonds is 36. The Bertz CT molecular complexity index is 843. The summed E-state index contributed by atoms with van der Waals surface area (Å²) in [5.74, 6) is -0.456. The average Bonchev–Trinajstić information content (AvgIpc) is 3.08. The maximum absolute atomic E-state index is 12.4. The van der Waals surface area contributed by atoms with Crippen molar-refractivity contribution in [2.24, 2.45) is 0 Å². The molecule has 0 rings (SSSR count). The highest BCUT2D eigenvalue weighted by Gasteiger charge is 2.16. The SMILES string of the molecule is CCCCC/C=C\C/C=C\CCCCCCCC(=O)OC(CCOC=O)CCOC(=O)CCCCCC/C=C\C/C=C\CCCCCC. The van der Waals surface area contributed by atoms with E-state index in [1.54, 1.807) is 0 Å². The number of hydrogen-bond donors (Lipinski definition) is 0. The topological polar surface area (TPSA) is 78.9 Å².